The number of aromatic nitrogens is 2. The van der Waals surface area contributed by atoms with Crippen LogP contribution < -0.4 is 5.32 Å². The van der Waals surface area contributed by atoms with Gasteiger partial charge in [0.2, 0.25) is 5.89 Å². The lowest BCUT2D eigenvalue weighted by molar-refractivity contribution is 0.449. The van der Waals surface area contributed by atoms with Crippen LogP contribution in [0.1, 0.15) is 16.7 Å². The maximum Gasteiger partial charge on any atom is 0.208 e. The summed E-state index contributed by atoms with van der Waals surface area (Å²) in [6.45, 7) is 3.15. The predicted molar refractivity (Wildman–Crippen MR) is 58.9 cm³/mol. The van der Waals surface area contributed by atoms with E-state index in [9.17, 15) is 0 Å². The molecule has 0 aliphatic rings. The summed E-state index contributed by atoms with van der Waals surface area (Å²) in [6, 6.07) is 0. The third-order valence-corrected chi connectivity index (χ3v) is 2.86. The molecule has 0 aromatic carbocycles. The third-order valence-electron chi connectivity index (χ3n) is 1.75. The Kier molecular flexibility index (Phi) is 3.35. The Morgan fingerprint density at radius 2 is 2.27 bits per heavy atom. The van der Waals surface area contributed by atoms with Gasteiger partial charge in [-0.3, -0.25) is 0 Å². The Morgan fingerprint density at radius 1 is 1.40 bits per heavy atom. The van der Waals surface area contributed by atoms with Gasteiger partial charge in [-0.25, -0.2) is 9.97 Å². The fourth-order valence-electron chi connectivity index (χ4n) is 1.13. The van der Waals surface area contributed by atoms with E-state index in [1.807, 2.05) is 6.92 Å². The molecule has 0 amide bonds. The third kappa shape index (κ3) is 3.02. The number of nitrogens with one attached hydrogen (secondary N) is 1. The summed E-state index contributed by atoms with van der Waals surface area (Å²) < 4.78 is 6.02. The molecule has 15 heavy (non-hydrogen) atoms. The molecule has 2 rings (SSSR count). The van der Waals surface area contributed by atoms with Crippen LogP contribution in [-0.2, 0) is 13.1 Å². The number of aryl methyl sites for hydroxylation is 1. The van der Waals surface area contributed by atoms with E-state index >= 15 is 0 Å². The van der Waals surface area contributed by atoms with Crippen molar-refractivity contribution < 1.29 is 4.42 Å². The maximum absolute atomic E-state index is 5.76. The molecular weight excluding hydrogens is 234 g/mol. The molecule has 80 valence electrons. The Balaban J connectivity index is 1.80. The van der Waals surface area contributed by atoms with Crippen LogP contribution >= 0.6 is 22.9 Å². The predicted octanol–water partition coefficient (Wildman–Crippen LogP) is 2.38. The molecule has 0 saturated heterocycles. The zero-order valence-corrected chi connectivity index (χ0v) is 9.73. The van der Waals surface area contributed by atoms with E-state index in [4.69, 9.17) is 16.0 Å². The summed E-state index contributed by atoms with van der Waals surface area (Å²) in [5, 5.41) is 4.14. The summed E-state index contributed by atoms with van der Waals surface area (Å²) in [4.78, 5) is 8.21. The van der Waals surface area contributed by atoms with Crippen molar-refractivity contribution in [2.24, 2.45) is 0 Å². The molecule has 0 unspecified atom stereocenters. The standard InChI is InChI=1S/C9H10ClN3OS/c1-6-2-12-8(14-6)4-11-5-9-13-3-7(10)15-9/h2-3,11H,4-5H2,1H3. The van der Waals surface area contributed by atoms with Gasteiger partial charge in [0.25, 0.3) is 0 Å². The number of oxazole rings is 1. The molecule has 2 heterocycles. The van der Waals surface area contributed by atoms with Gasteiger partial charge in [0.1, 0.15) is 15.1 Å². The molecule has 0 aliphatic heterocycles. The number of rotatable bonds is 4. The molecule has 0 atom stereocenters. The van der Waals surface area contributed by atoms with Crippen molar-refractivity contribution in [1.82, 2.24) is 15.3 Å². The second kappa shape index (κ2) is 4.74. The molecule has 0 aliphatic carbocycles. The monoisotopic (exact) mass is 243 g/mol. The largest absolute Gasteiger partial charge is 0.445 e. The van der Waals surface area contributed by atoms with Gasteiger partial charge in [-0.2, -0.15) is 0 Å². The van der Waals surface area contributed by atoms with Crippen LogP contribution in [-0.4, -0.2) is 9.97 Å². The summed E-state index contributed by atoms with van der Waals surface area (Å²) in [6.07, 6.45) is 3.36. The van der Waals surface area contributed by atoms with Crippen molar-refractivity contribution in [3.63, 3.8) is 0 Å². The van der Waals surface area contributed by atoms with Gasteiger partial charge in [-0.05, 0) is 6.92 Å². The van der Waals surface area contributed by atoms with E-state index in [-0.39, 0.29) is 0 Å². The van der Waals surface area contributed by atoms with Crippen LogP contribution in [0.25, 0.3) is 0 Å². The van der Waals surface area contributed by atoms with E-state index in [2.05, 4.69) is 15.3 Å². The lowest BCUT2D eigenvalue weighted by atomic mass is 10.6. The van der Waals surface area contributed by atoms with Crippen LogP contribution in [0.4, 0.5) is 0 Å². The van der Waals surface area contributed by atoms with E-state index < -0.39 is 0 Å². The lowest BCUT2D eigenvalue weighted by Crippen LogP contribution is -2.12. The van der Waals surface area contributed by atoms with Crippen molar-refractivity contribution >= 4 is 22.9 Å². The Morgan fingerprint density at radius 3 is 2.87 bits per heavy atom. The molecule has 1 N–H and O–H groups in total. The molecule has 0 fully saturated rings. The fourth-order valence-corrected chi connectivity index (χ4v) is 2.06. The smallest absolute Gasteiger partial charge is 0.208 e. The highest BCUT2D eigenvalue weighted by molar-refractivity contribution is 7.15. The minimum absolute atomic E-state index is 0.602. The average molecular weight is 244 g/mol. The van der Waals surface area contributed by atoms with Gasteiger partial charge in [0.15, 0.2) is 0 Å². The van der Waals surface area contributed by atoms with Crippen LogP contribution in [0.2, 0.25) is 4.34 Å². The van der Waals surface area contributed by atoms with Gasteiger partial charge in [-0.15, -0.1) is 11.3 Å². The average Bonchev–Trinajstić information content (AvgIpc) is 2.76. The van der Waals surface area contributed by atoms with Gasteiger partial charge in [-0.1, -0.05) is 11.6 Å². The molecule has 2 aromatic rings. The first kappa shape index (κ1) is 10.6. The van der Waals surface area contributed by atoms with Crippen molar-refractivity contribution in [3.05, 3.63) is 33.4 Å². The minimum Gasteiger partial charge on any atom is -0.445 e. The van der Waals surface area contributed by atoms with Gasteiger partial charge < -0.3 is 9.73 Å². The van der Waals surface area contributed by atoms with E-state index in [1.165, 1.54) is 11.3 Å². The van der Waals surface area contributed by atoms with Gasteiger partial charge in [0, 0.05) is 6.54 Å². The lowest BCUT2D eigenvalue weighted by Gasteiger charge is -1.97. The molecule has 0 radical (unpaired) electrons. The van der Waals surface area contributed by atoms with Gasteiger partial charge in [0.05, 0.1) is 18.9 Å². The number of nitrogens with zero attached hydrogens (tertiary/aromatic N) is 2. The second-order valence-electron chi connectivity index (χ2n) is 3.03. The first-order valence-corrected chi connectivity index (χ1v) is 5.66. The molecule has 0 saturated carbocycles. The van der Waals surface area contributed by atoms with Crippen LogP contribution in [0.5, 0.6) is 0 Å². The van der Waals surface area contributed by atoms with Crippen LogP contribution in [0, 0.1) is 6.92 Å². The number of halogens is 1. The molecular formula is C9H10ClN3OS. The van der Waals surface area contributed by atoms with Crippen molar-refractivity contribution in [2.75, 3.05) is 0 Å². The number of hydrogen-bond donors (Lipinski definition) is 1. The van der Waals surface area contributed by atoms with Crippen molar-refractivity contribution in [2.45, 2.75) is 20.0 Å². The molecule has 0 bridgehead atoms. The van der Waals surface area contributed by atoms with Crippen molar-refractivity contribution in [3.8, 4) is 0 Å². The van der Waals surface area contributed by atoms with E-state index in [1.54, 1.807) is 12.4 Å². The summed E-state index contributed by atoms with van der Waals surface area (Å²) in [7, 11) is 0. The van der Waals surface area contributed by atoms with Crippen molar-refractivity contribution in [1.29, 1.82) is 0 Å². The molecule has 2 aromatic heterocycles. The maximum atomic E-state index is 5.76. The topological polar surface area (TPSA) is 51.0 Å². The van der Waals surface area contributed by atoms with Crippen LogP contribution in [0.15, 0.2) is 16.8 Å². The fraction of sp³-hybridized carbons (Fsp3) is 0.333. The number of hydrogen-bond acceptors (Lipinski definition) is 5. The zero-order valence-electron chi connectivity index (χ0n) is 8.16. The normalized spacial score (nSPS) is 10.8. The SMILES string of the molecule is Cc1cnc(CNCc2ncc(Cl)s2)o1. The number of thiazole rings is 1. The highest BCUT2D eigenvalue weighted by atomic mass is 35.5. The molecule has 4 nitrogen and oxygen atoms in total. The van der Waals surface area contributed by atoms with Crippen LogP contribution in [0.3, 0.4) is 0 Å². The highest BCUT2D eigenvalue weighted by Gasteiger charge is 2.02. The first-order chi connectivity index (χ1) is 7.24. The first-order valence-electron chi connectivity index (χ1n) is 4.46. The van der Waals surface area contributed by atoms with E-state index in [0.717, 1.165) is 10.8 Å². The Bertz CT molecular complexity index is 400. The summed E-state index contributed by atoms with van der Waals surface area (Å²) >= 11 is 7.23. The van der Waals surface area contributed by atoms with E-state index in [0.29, 0.717) is 23.3 Å². The highest BCUT2D eigenvalue weighted by Crippen LogP contribution is 2.17. The second-order valence-corrected chi connectivity index (χ2v) is 4.77. The Labute approximate surface area is 96.3 Å². The minimum atomic E-state index is 0.602. The molecule has 6 heteroatoms. The van der Waals surface area contributed by atoms with Gasteiger partial charge >= 0.3 is 0 Å². The molecule has 0 spiro atoms. The quantitative estimate of drug-likeness (QED) is 0.896. The Hall–Kier alpha value is -0.910. The summed E-state index contributed by atoms with van der Waals surface area (Å²) in [5.74, 6) is 1.51. The summed E-state index contributed by atoms with van der Waals surface area (Å²) in [5.41, 5.74) is 0. The zero-order chi connectivity index (χ0) is 10.7.